The Morgan fingerprint density at radius 3 is 2.82 bits per heavy atom. The lowest BCUT2D eigenvalue weighted by Crippen LogP contribution is -2.43. The Bertz CT molecular complexity index is 538. The maximum atomic E-state index is 12.6. The van der Waals surface area contributed by atoms with E-state index in [1.807, 2.05) is 0 Å². The van der Waals surface area contributed by atoms with E-state index in [1.54, 1.807) is 29.2 Å². The third kappa shape index (κ3) is 4.99. The van der Waals surface area contributed by atoms with Gasteiger partial charge in [0.15, 0.2) is 0 Å². The van der Waals surface area contributed by atoms with Crippen molar-refractivity contribution >= 4 is 17.5 Å². The van der Waals surface area contributed by atoms with Crippen LogP contribution in [-0.4, -0.2) is 61.6 Å². The molecule has 1 heterocycles. The molecule has 5 nitrogen and oxygen atoms in total. The minimum atomic E-state index is -0.0778. The number of hydrogen-bond donors (Lipinski definition) is 0. The molecule has 1 aromatic carbocycles. The molecule has 0 saturated carbocycles. The second kappa shape index (κ2) is 8.74. The summed E-state index contributed by atoms with van der Waals surface area (Å²) < 4.78 is 5.32. The highest BCUT2D eigenvalue weighted by Crippen LogP contribution is 2.13. The van der Waals surface area contributed by atoms with Crippen LogP contribution in [0.5, 0.6) is 0 Å². The van der Waals surface area contributed by atoms with Crippen molar-refractivity contribution in [3.05, 3.63) is 34.9 Å². The molecule has 1 saturated heterocycles. The lowest BCUT2D eigenvalue weighted by atomic mass is 10.2. The topological polar surface area (TPSA) is 56.6 Å². The highest BCUT2D eigenvalue weighted by Gasteiger charge is 2.18. The molecule has 22 heavy (non-hydrogen) atoms. The fourth-order valence-corrected chi connectivity index (χ4v) is 2.58. The molecule has 1 aromatic rings. The van der Waals surface area contributed by atoms with Crippen LogP contribution in [0.15, 0.2) is 24.3 Å². The van der Waals surface area contributed by atoms with Gasteiger partial charge in [0.2, 0.25) is 0 Å². The normalized spacial score (nSPS) is 15.3. The average Bonchev–Trinajstić information content (AvgIpc) is 2.55. The van der Waals surface area contributed by atoms with E-state index in [0.717, 1.165) is 32.8 Å². The van der Waals surface area contributed by atoms with Gasteiger partial charge in [-0.25, -0.2) is 0 Å². The van der Waals surface area contributed by atoms with Gasteiger partial charge in [-0.2, -0.15) is 5.26 Å². The molecule has 1 aliphatic heterocycles. The first kappa shape index (κ1) is 16.8. The summed E-state index contributed by atoms with van der Waals surface area (Å²) in [7, 11) is 0. The lowest BCUT2D eigenvalue weighted by molar-refractivity contribution is 0.0326. The zero-order chi connectivity index (χ0) is 15.8. The van der Waals surface area contributed by atoms with Crippen LogP contribution in [0.2, 0.25) is 5.02 Å². The van der Waals surface area contributed by atoms with Gasteiger partial charge in [-0.3, -0.25) is 9.69 Å². The van der Waals surface area contributed by atoms with Gasteiger partial charge in [0.05, 0.1) is 25.7 Å². The number of hydrogen-bond acceptors (Lipinski definition) is 4. The summed E-state index contributed by atoms with van der Waals surface area (Å²) in [5.74, 6) is -0.0778. The van der Waals surface area contributed by atoms with E-state index in [2.05, 4.69) is 11.0 Å². The van der Waals surface area contributed by atoms with Crippen LogP contribution < -0.4 is 0 Å². The summed E-state index contributed by atoms with van der Waals surface area (Å²) in [6.07, 6.45) is 0.329. The van der Waals surface area contributed by atoms with Gasteiger partial charge in [0.1, 0.15) is 0 Å². The summed E-state index contributed by atoms with van der Waals surface area (Å²) in [5, 5.41) is 9.33. The first-order valence-electron chi connectivity index (χ1n) is 7.42. The first-order valence-corrected chi connectivity index (χ1v) is 7.80. The molecule has 0 N–H and O–H groups in total. The van der Waals surface area contributed by atoms with Gasteiger partial charge in [-0.15, -0.1) is 0 Å². The van der Waals surface area contributed by atoms with Gasteiger partial charge in [0.25, 0.3) is 5.91 Å². The summed E-state index contributed by atoms with van der Waals surface area (Å²) >= 11 is 5.95. The summed E-state index contributed by atoms with van der Waals surface area (Å²) in [5.41, 5.74) is 0.562. The van der Waals surface area contributed by atoms with Crippen LogP contribution in [0.25, 0.3) is 0 Å². The Labute approximate surface area is 136 Å². The van der Waals surface area contributed by atoms with Gasteiger partial charge in [-0.05, 0) is 18.2 Å². The molecule has 0 aliphatic carbocycles. The SMILES string of the molecule is N#CCCN(CCN1CCOCC1)C(=O)c1cccc(Cl)c1. The van der Waals surface area contributed by atoms with Crippen molar-refractivity contribution in [3.8, 4) is 6.07 Å². The number of morpholine rings is 1. The first-order chi connectivity index (χ1) is 10.7. The van der Waals surface area contributed by atoms with Crippen LogP contribution in [-0.2, 0) is 4.74 Å². The number of benzene rings is 1. The highest BCUT2D eigenvalue weighted by molar-refractivity contribution is 6.30. The molecule has 0 spiro atoms. The van der Waals surface area contributed by atoms with Crippen LogP contribution in [0.3, 0.4) is 0 Å². The second-order valence-electron chi connectivity index (χ2n) is 5.16. The Kier molecular flexibility index (Phi) is 6.66. The molecule has 118 valence electrons. The molecule has 2 rings (SSSR count). The van der Waals surface area contributed by atoms with Gasteiger partial charge in [0, 0.05) is 43.3 Å². The number of rotatable bonds is 6. The summed E-state index contributed by atoms with van der Waals surface area (Å²) in [6.45, 7) is 5.08. The van der Waals surface area contributed by atoms with Crippen LogP contribution in [0.4, 0.5) is 0 Å². The van der Waals surface area contributed by atoms with E-state index in [-0.39, 0.29) is 5.91 Å². The van der Waals surface area contributed by atoms with Crippen molar-refractivity contribution in [2.24, 2.45) is 0 Å². The van der Waals surface area contributed by atoms with E-state index >= 15 is 0 Å². The van der Waals surface area contributed by atoms with Crippen molar-refractivity contribution in [2.45, 2.75) is 6.42 Å². The third-order valence-corrected chi connectivity index (χ3v) is 3.88. The number of carbonyl (C=O) groups excluding carboxylic acids is 1. The number of halogens is 1. The molecule has 0 bridgehead atoms. The summed E-state index contributed by atoms with van der Waals surface area (Å²) in [6, 6.07) is 9.02. The number of ether oxygens (including phenoxy) is 1. The average molecular weight is 322 g/mol. The van der Waals surface area contributed by atoms with Crippen LogP contribution >= 0.6 is 11.6 Å². The molecule has 1 fully saturated rings. The largest absolute Gasteiger partial charge is 0.379 e. The zero-order valence-corrected chi connectivity index (χ0v) is 13.3. The predicted molar refractivity (Wildman–Crippen MR) is 84.8 cm³/mol. The Balaban J connectivity index is 1.98. The number of carbonyl (C=O) groups is 1. The van der Waals surface area contributed by atoms with Crippen LogP contribution in [0.1, 0.15) is 16.8 Å². The number of amides is 1. The van der Waals surface area contributed by atoms with E-state index in [4.69, 9.17) is 21.6 Å². The van der Waals surface area contributed by atoms with Crippen molar-refractivity contribution < 1.29 is 9.53 Å². The van der Waals surface area contributed by atoms with Gasteiger partial charge < -0.3 is 9.64 Å². The molecule has 1 aliphatic rings. The molecular formula is C16H20ClN3O2. The number of nitriles is 1. The van der Waals surface area contributed by atoms with Crippen molar-refractivity contribution in [3.63, 3.8) is 0 Å². The summed E-state index contributed by atoms with van der Waals surface area (Å²) in [4.78, 5) is 16.6. The smallest absolute Gasteiger partial charge is 0.253 e. The Morgan fingerprint density at radius 1 is 1.36 bits per heavy atom. The molecule has 0 radical (unpaired) electrons. The minimum Gasteiger partial charge on any atom is -0.379 e. The van der Waals surface area contributed by atoms with Gasteiger partial charge >= 0.3 is 0 Å². The monoisotopic (exact) mass is 321 g/mol. The molecular weight excluding hydrogens is 302 g/mol. The maximum Gasteiger partial charge on any atom is 0.253 e. The fraction of sp³-hybridized carbons (Fsp3) is 0.500. The van der Waals surface area contributed by atoms with Gasteiger partial charge in [-0.1, -0.05) is 17.7 Å². The van der Waals surface area contributed by atoms with Crippen molar-refractivity contribution in [1.29, 1.82) is 5.26 Å². The minimum absolute atomic E-state index is 0.0778. The van der Waals surface area contributed by atoms with Crippen LogP contribution in [0, 0.1) is 11.3 Å². The van der Waals surface area contributed by atoms with E-state index in [1.165, 1.54) is 0 Å². The second-order valence-corrected chi connectivity index (χ2v) is 5.60. The quantitative estimate of drug-likeness (QED) is 0.804. The standard InChI is InChI=1S/C16H20ClN3O2/c17-15-4-1-3-14(13-15)16(21)20(6-2-5-18)8-7-19-9-11-22-12-10-19/h1,3-4,13H,2,6-12H2. The van der Waals surface area contributed by atoms with Crippen molar-refractivity contribution in [1.82, 2.24) is 9.80 Å². The molecule has 0 unspecified atom stereocenters. The van der Waals surface area contributed by atoms with Crippen molar-refractivity contribution in [2.75, 3.05) is 45.9 Å². The molecule has 6 heteroatoms. The highest BCUT2D eigenvalue weighted by atomic mass is 35.5. The molecule has 0 atom stereocenters. The Hall–Kier alpha value is -1.61. The molecule has 1 amide bonds. The fourth-order valence-electron chi connectivity index (χ4n) is 2.39. The molecule has 0 aromatic heterocycles. The number of nitrogens with zero attached hydrogens (tertiary/aromatic N) is 3. The lowest BCUT2D eigenvalue weighted by Gasteiger charge is -2.30. The predicted octanol–water partition coefficient (Wildman–Crippen LogP) is 2.03. The zero-order valence-electron chi connectivity index (χ0n) is 12.5. The Morgan fingerprint density at radius 2 is 2.14 bits per heavy atom. The van der Waals surface area contributed by atoms with E-state index < -0.39 is 0 Å². The van der Waals surface area contributed by atoms with E-state index in [0.29, 0.717) is 30.1 Å². The third-order valence-electron chi connectivity index (χ3n) is 3.64. The maximum absolute atomic E-state index is 12.6. The van der Waals surface area contributed by atoms with E-state index in [9.17, 15) is 4.79 Å².